The molecule has 28 heavy (non-hydrogen) atoms. The Bertz CT molecular complexity index is 862. The summed E-state index contributed by atoms with van der Waals surface area (Å²) in [5.41, 5.74) is 7.84. The quantitative estimate of drug-likeness (QED) is 0.474. The fraction of sp³-hybridized carbons (Fsp3) is 0.278. The van der Waals surface area contributed by atoms with Crippen LogP contribution in [0.2, 0.25) is 0 Å². The Hall–Kier alpha value is -3.37. The van der Waals surface area contributed by atoms with Gasteiger partial charge in [0, 0.05) is 17.3 Å². The number of ether oxygens (including phenoxy) is 1. The van der Waals surface area contributed by atoms with Gasteiger partial charge in [0.05, 0.1) is 6.04 Å². The number of amides is 2. The Morgan fingerprint density at radius 3 is 2.79 bits per heavy atom. The maximum Gasteiger partial charge on any atom is 0.244 e. The number of carbonyl (C=O) groups is 2. The molecule has 2 aromatic rings. The second-order valence-electron chi connectivity index (χ2n) is 6.24. The molecule has 0 saturated carbocycles. The molecule has 2 atom stereocenters. The van der Waals surface area contributed by atoms with Gasteiger partial charge in [-0.15, -0.1) is 0 Å². The van der Waals surface area contributed by atoms with E-state index in [0.717, 1.165) is 5.56 Å². The normalized spacial score (nSPS) is 16.9. The molecule has 0 radical (unpaired) electrons. The van der Waals surface area contributed by atoms with Gasteiger partial charge in [0.2, 0.25) is 12.3 Å². The number of nitrogens with two attached hydrogens (primary N) is 1. The van der Waals surface area contributed by atoms with Crippen molar-refractivity contribution in [2.45, 2.75) is 25.8 Å². The summed E-state index contributed by atoms with van der Waals surface area (Å²) in [5, 5.41) is 18.2. The fourth-order valence-electron chi connectivity index (χ4n) is 2.78. The van der Waals surface area contributed by atoms with Crippen molar-refractivity contribution in [3.05, 3.63) is 48.2 Å². The highest BCUT2D eigenvalue weighted by Crippen LogP contribution is 2.22. The van der Waals surface area contributed by atoms with Crippen LogP contribution in [0.15, 0.2) is 46.9 Å². The Balaban J connectivity index is 1.63. The van der Waals surface area contributed by atoms with Gasteiger partial charge in [-0.3, -0.25) is 9.59 Å². The first kappa shape index (κ1) is 19.4. The predicted octanol–water partition coefficient (Wildman–Crippen LogP) is 0.323. The van der Waals surface area contributed by atoms with E-state index in [1.54, 1.807) is 42.2 Å². The van der Waals surface area contributed by atoms with E-state index < -0.39 is 6.23 Å². The lowest BCUT2D eigenvalue weighted by Gasteiger charge is -2.28. The van der Waals surface area contributed by atoms with Crippen molar-refractivity contribution < 1.29 is 24.0 Å². The maximum absolute atomic E-state index is 12.4. The van der Waals surface area contributed by atoms with Crippen LogP contribution < -0.4 is 16.4 Å². The van der Waals surface area contributed by atoms with E-state index in [1.807, 2.05) is 0 Å². The monoisotopic (exact) mass is 387 g/mol. The van der Waals surface area contributed by atoms with E-state index in [1.165, 1.54) is 6.26 Å². The van der Waals surface area contributed by atoms with E-state index in [0.29, 0.717) is 29.4 Å². The molecule has 0 aliphatic carbocycles. The van der Waals surface area contributed by atoms with Crippen LogP contribution in [0.1, 0.15) is 12.7 Å². The van der Waals surface area contributed by atoms with Gasteiger partial charge in [-0.05, 0) is 19.1 Å². The molecule has 10 nitrogen and oxygen atoms in total. The van der Waals surface area contributed by atoms with Crippen LogP contribution in [-0.2, 0) is 20.9 Å². The molecule has 1 aliphatic rings. The molecular weight excluding hydrogens is 366 g/mol. The molecule has 0 bridgehead atoms. The first-order valence-corrected chi connectivity index (χ1v) is 8.56. The number of carbonyl (C=O) groups excluding carboxylic acids is 2. The smallest absolute Gasteiger partial charge is 0.244 e. The summed E-state index contributed by atoms with van der Waals surface area (Å²) in [6, 6.07) is 8.27. The van der Waals surface area contributed by atoms with Gasteiger partial charge in [0.25, 0.3) is 0 Å². The van der Waals surface area contributed by atoms with E-state index in [-0.39, 0.29) is 25.1 Å². The highest BCUT2D eigenvalue weighted by Gasteiger charge is 2.32. The molecule has 2 amide bonds. The summed E-state index contributed by atoms with van der Waals surface area (Å²) in [5.74, 6) is 0.441. The van der Waals surface area contributed by atoms with E-state index in [4.69, 9.17) is 20.1 Å². The lowest BCUT2D eigenvalue weighted by atomic mass is 10.1. The summed E-state index contributed by atoms with van der Waals surface area (Å²) >= 11 is 0. The summed E-state index contributed by atoms with van der Waals surface area (Å²) in [6.45, 7) is 1.47. The molecule has 10 heteroatoms. The minimum atomic E-state index is -0.552. The van der Waals surface area contributed by atoms with Crippen molar-refractivity contribution in [3.63, 3.8) is 0 Å². The van der Waals surface area contributed by atoms with Crippen LogP contribution in [-0.4, -0.2) is 46.3 Å². The number of aliphatic hydroxyl groups excluding tert-OH is 1. The number of anilines is 1. The van der Waals surface area contributed by atoms with Gasteiger partial charge in [0.1, 0.15) is 30.9 Å². The van der Waals surface area contributed by atoms with Gasteiger partial charge >= 0.3 is 0 Å². The number of hydrogen-bond donors (Lipinski definition) is 4. The number of nitrogens with zero attached hydrogens (tertiary/aromatic N) is 2. The van der Waals surface area contributed by atoms with Crippen molar-refractivity contribution in [2.75, 3.05) is 11.9 Å². The van der Waals surface area contributed by atoms with Crippen molar-refractivity contribution in [2.24, 2.45) is 5.73 Å². The Labute approximate surface area is 160 Å². The molecule has 1 aromatic heterocycles. The Morgan fingerprint density at radius 1 is 1.43 bits per heavy atom. The third kappa shape index (κ3) is 4.30. The summed E-state index contributed by atoms with van der Waals surface area (Å²) < 4.78 is 10.4. The standard InChI is InChI=1S/C18H21N5O5/c1-11(19)18-23(16(9-27-18)20-10-25)7-17(26)21-13-4-2-12(3-5-13)15-6-14(8-24)28-22-15/h2-6,9-11,18,24H,7-8,19H2,1H3,(H,20,25)(H,21,26)/t11-,18?/m0/s1. The SMILES string of the molecule is C[C@H](N)C1OC=C(NC=O)N1CC(=O)Nc1ccc(-c2cc(CO)on2)cc1. The molecule has 0 spiro atoms. The van der Waals surface area contributed by atoms with Crippen LogP contribution in [0.3, 0.4) is 0 Å². The minimum Gasteiger partial charge on any atom is -0.473 e. The highest BCUT2D eigenvalue weighted by molar-refractivity contribution is 5.92. The van der Waals surface area contributed by atoms with E-state index >= 15 is 0 Å². The van der Waals surface area contributed by atoms with Gasteiger partial charge in [0.15, 0.2) is 12.0 Å². The molecule has 1 unspecified atom stereocenters. The number of nitrogens with one attached hydrogen (secondary N) is 2. The molecule has 3 rings (SSSR count). The molecular formula is C18H21N5O5. The topological polar surface area (TPSA) is 143 Å². The second-order valence-corrected chi connectivity index (χ2v) is 6.24. The van der Waals surface area contributed by atoms with Gasteiger partial charge in [-0.2, -0.15) is 0 Å². The molecule has 0 fully saturated rings. The second kappa shape index (κ2) is 8.55. The van der Waals surface area contributed by atoms with Crippen LogP contribution in [0.4, 0.5) is 5.69 Å². The molecule has 1 aliphatic heterocycles. The largest absolute Gasteiger partial charge is 0.473 e. The first-order chi connectivity index (χ1) is 13.5. The number of aliphatic hydroxyl groups is 1. The van der Waals surface area contributed by atoms with Gasteiger partial charge in [-0.25, -0.2) is 0 Å². The first-order valence-electron chi connectivity index (χ1n) is 8.56. The van der Waals surface area contributed by atoms with E-state index in [2.05, 4.69) is 15.8 Å². The molecule has 5 N–H and O–H groups in total. The summed E-state index contributed by atoms with van der Waals surface area (Å²) in [6.07, 6.45) is 1.32. The third-order valence-electron chi connectivity index (χ3n) is 4.09. The minimum absolute atomic E-state index is 0.0518. The Morgan fingerprint density at radius 2 is 2.18 bits per heavy atom. The fourth-order valence-corrected chi connectivity index (χ4v) is 2.78. The van der Waals surface area contributed by atoms with Crippen molar-refractivity contribution in [3.8, 4) is 11.3 Å². The number of benzene rings is 1. The van der Waals surface area contributed by atoms with Crippen molar-refractivity contribution in [1.82, 2.24) is 15.4 Å². The molecule has 0 saturated heterocycles. The van der Waals surface area contributed by atoms with Crippen LogP contribution in [0, 0.1) is 0 Å². The van der Waals surface area contributed by atoms with Gasteiger partial charge in [-0.1, -0.05) is 17.3 Å². The van der Waals surface area contributed by atoms with Crippen LogP contribution in [0.5, 0.6) is 0 Å². The molecule has 2 heterocycles. The van der Waals surface area contributed by atoms with E-state index in [9.17, 15) is 9.59 Å². The lowest BCUT2D eigenvalue weighted by Crippen LogP contribution is -2.48. The number of rotatable bonds is 8. The molecule has 1 aromatic carbocycles. The average molecular weight is 387 g/mol. The zero-order valence-electron chi connectivity index (χ0n) is 15.2. The zero-order valence-corrected chi connectivity index (χ0v) is 15.2. The summed E-state index contributed by atoms with van der Waals surface area (Å²) in [7, 11) is 0. The van der Waals surface area contributed by atoms with Crippen LogP contribution in [0.25, 0.3) is 11.3 Å². The number of aromatic nitrogens is 1. The zero-order chi connectivity index (χ0) is 20.1. The van der Waals surface area contributed by atoms with Gasteiger partial charge < -0.3 is 35.6 Å². The summed E-state index contributed by atoms with van der Waals surface area (Å²) in [4.78, 5) is 24.8. The number of hydrogen-bond acceptors (Lipinski definition) is 8. The third-order valence-corrected chi connectivity index (χ3v) is 4.09. The van der Waals surface area contributed by atoms with Crippen LogP contribution >= 0.6 is 0 Å². The lowest BCUT2D eigenvalue weighted by molar-refractivity contribution is -0.119. The average Bonchev–Trinajstić information content (AvgIpc) is 3.30. The van der Waals surface area contributed by atoms with Crippen molar-refractivity contribution >= 4 is 18.0 Å². The Kier molecular flexibility index (Phi) is 5.92. The highest BCUT2D eigenvalue weighted by atomic mass is 16.5. The predicted molar refractivity (Wildman–Crippen MR) is 99.0 cm³/mol. The maximum atomic E-state index is 12.4. The molecule has 148 valence electrons. The van der Waals surface area contributed by atoms with Crippen molar-refractivity contribution in [1.29, 1.82) is 0 Å².